The van der Waals surface area contributed by atoms with Crippen molar-refractivity contribution in [2.24, 2.45) is 17.3 Å². The molecule has 0 heterocycles. The molecule has 1 fully saturated rings. The van der Waals surface area contributed by atoms with Gasteiger partial charge in [-0.15, -0.1) is 0 Å². The minimum Gasteiger partial charge on any atom is -0.294 e. The van der Waals surface area contributed by atoms with E-state index in [1.807, 2.05) is 6.92 Å². The van der Waals surface area contributed by atoms with Crippen LogP contribution in [0.15, 0.2) is 11.1 Å². The first-order valence-corrected chi connectivity index (χ1v) is 5.62. The van der Waals surface area contributed by atoms with Crippen LogP contribution >= 0.6 is 0 Å². The predicted molar refractivity (Wildman–Crippen MR) is 58.0 cm³/mol. The highest BCUT2D eigenvalue weighted by molar-refractivity contribution is 5.98. The molecule has 2 atom stereocenters. The quantitative estimate of drug-likeness (QED) is 0.575. The molecule has 0 aromatic heterocycles. The third kappa shape index (κ3) is 1.43. The lowest BCUT2D eigenvalue weighted by molar-refractivity contribution is -0.123. The Balaban J connectivity index is 2.38. The van der Waals surface area contributed by atoms with Gasteiger partial charge in [-0.3, -0.25) is 4.79 Å². The van der Waals surface area contributed by atoms with Gasteiger partial charge in [-0.1, -0.05) is 19.4 Å². The normalized spacial score (nSPS) is 36.1. The van der Waals surface area contributed by atoms with Gasteiger partial charge in [-0.25, -0.2) is 0 Å². The Kier molecular flexibility index (Phi) is 2.09. The predicted octanol–water partition coefficient (Wildman–Crippen LogP) is 3.35. The SMILES string of the molecule is CC1=C(C)C2CC(CC(C)(C)C2)C1=O. The third-order valence-electron chi connectivity index (χ3n) is 4.11. The lowest BCUT2D eigenvalue weighted by Crippen LogP contribution is -2.37. The van der Waals surface area contributed by atoms with Crippen LogP contribution in [0.25, 0.3) is 0 Å². The van der Waals surface area contributed by atoms with Gasteiger partial charge in [0.15, 0.2) is 5.78 Å². The zero-order valence-corrected chi connectivity index (χ0v) is 9.68. The number of ketones is 1. The number of allylic oxidation sites excluding steroid dienone is 2. The molecule has 14 heavy (non-hydrogen) atoms. The summed E-state index contributed by atoms with van der Waals surface area (Å²) in [5.74, 6) is 1.43. The Bertz CT molecular complexity index is 309. The fourth-order valence-corrected chi connectivity index (χ4v) is 3.26. The average Bonchev–Trinajstić information content (AvgIpc) is 2.09. The Morgan fingerprint density at radius 3 is 2.36 bits per heavy atom. The van der Waals surface area contributed by atoms with E-state index in [1.165, 1.54) is 12.0 Å². The maximum atomic E-state index is 12.0. The van der Waals surface area contributed by atoms with Crippen LogP contribution in [-0.2, 0) is 4.79 Å². The molecule has 1 nitrogen and oxygen atoms in total. The lowest BCUT2D eigenvalue weighted by atomic mass is 9.60. The first-order valence-electron chi connectivity index (χ1n) is 5.62. The molecule has 0 radical (unpaired) electrons. The molecule has 0 amide bonds. The lowest BCUT2D eigenvalue weighted by Gasteiger charge is -2.43. The molecule has 2 unspecified atom stereocenters. The fourth-order valence-electron chi connectivity index (χ4n) is 3.26. The summed E-state index contributed by atoms with van der Waals surface area (Å²) in [7, 11) is 0. The standard InChI is InChI=1S/C13H20O/c1-8-9(2)12(14)11-5-10(8)6-13(3,4)7-11/h10-11H,5-7H2,1-4H3. The average molecular weight is 192 g/mol. The molecule has 1 heteroatoms. The van der Waals surface area contributed by atoms with Gasteiger partial charge in [0.25, 0.3) is 0 Å². The van der Waals surface area contributed by atoms with Crippen molar-refractivity contribution in [3.8, 4) is 0 Å². The summed E-state index contributed by atoms with van der Waals surface area (Å²) in [4.78, 5) is 12.0. The van der Waals surface area contributed by atoms with Crippen molar-refractivity contribution < 1.29 is 4.79 Å². The summed E-state index contributed by atoms with van der Waals surface area (Å²) in [6, 6.07) is 0. The van der Waals surface area contributed by atoms with Crippen LogP contribution in [0, 0.1) is 17.3 Å². The van der Waals surface area contributed by atoms with Crippen LogP contribution in [0.5, 0.6) is 0 Å². The van der Waals surface area contributed by atoms with Crippen LogP contribution in [0.1, 0.15) is 47.0 Å². The van der Waals surface area contributed by atoms with Gasteiger partial charge in [0, 0.05) is 5.92 Å². The van der Waals surface area contributed by atoms with Crippen molar-refractivity contribution in [1.29, 1.82) is 0 Å². The van der Waals surface area contributed by atoms with Crippen molar-refractivity contribution in [2.45, 2.75) is 47.0 Å². The Morgan fingerprint density at radius 1 is 1.14 bits per heavy atom. The summed E-state index contributed by atoms with van der Waals surface area (Å²) in [6.45, 7) is 8.76. The number of rotatable bonds is 0. The van der Waals surface area contributed by atoms with Gasteiger partial charge in [-0.05, 0) is 50.0 Å². The molecule has 0 aromatic rings. The first kappa shape index (κ1) is 9.95. The zero-order chi connectivity index (χ0) is 10.5. The van der Waals surface area contributed by atoms with E-state index < -0.39 is 0 Å². The van der Waals surface area contributed by atoms with Gasteiger partial charge >= 0.3 is 0 Å². The van der Waals surface area contributed by atoms with Crippen molar-refractivity contribution >= 4 is 5.78 Å². The Morgan fingerprint density at radius 2 is 1.71 bits per heavy atom. The number of hydrogen-bond acceptors (Lipinski definition) is 1. The Hall–Kier alpha value is -0.590. The summed E-state index contributed by atoms with van der Waals surface area (Å²) in [5.41, 5.74) is 2.78. The van der Waals surface area contributed by atoms with Gasteiger partial charge in [0.1, 0.15) is 0 Å². The van der Waals surface area contributed by atoms with Crippen LogP contribution in [-0.4, -0.2) is 5.78 Å². The topological polar surface area (TPSA) is 17.1 Å². The molecule has 0 N–H and O–H groups in total. The Labute approximate surface area is 86.6 Å². The molecule has 2 aliphatic rings. The molecular weight excluding hydrogens is 172 g/mol. The molecule has 1 saturated carbocycles. The number of Topliss-reactive ketones (excluding diaryl/α,β-unsaturated/α-hetero) is 1. The van der Waals surface area contributed by atoms with E-state index in [0.717, 1.165) is 18.4 Å². The van der Waals surface area contributed by atoms with Crippen molar-refractivity contribution in [1.82, 2.24) is 0 Å². The molecule has 78 valence electrons. The van der Waals surface area contributed by atoms with Crippen molar-refractivity contribution in [3.05, 3.63) is 11.1 Å². The fraction of sp³-hybridized carbons (Fsp3) is 0.769. The van der Waals surface area contributed by atoms with E-state index in [0.29, 0.717) is 23.0 Å². The maximum absolute atomic E-state index is 12.0. The van der Waals surface area contributed by atoms with E-state index in [4.69, 9.17) is 0 Å². The smallest absolute Gasteiger partial charge is 0.161 e. The number of hydrogen-bond donors (Lipinski definition) is 0. The van der Waals surface area contributed by atoms with Gasteiger partial charge in [0.05, 0.1) is 0 Å². The molecule has 0 saturated heterocycles. The molecule has 0 aromatic carbocycles. The second-order valence-electron chi connectivity index (χ2n) is 5.87. The van der Waals surface area contributed by atoms with Crippen molar-refractivity contribution in [3.63, 3.8) is 0 Å². The van der Waals surface area contributed by atoms with E-state index in [1.54, 1.807) is 0 Å². The second-order valence-corrected chi connectivity index (χ2v) is 5.87. The first-order chi connectivity index (χ1) is 6.41. The number of carbonyl (C=O) groups excluding carboxylic acids is 1. The van der Waals surface area contributed by atoms with Crippen LogP contribution < -0.4 is 0 Å². The molecule has 2 aliphatic carbocycles. The monoisotopic (exact) mass is 192 g/mol. The number of fused-ring (bicyclic) bond motifs is 2. The van der Waals surface area contributed by atoms with E-state index >= 15 is 0 Å². The van der Waals surface area contributed by atoms with Crippen LogP contribution in [0.4, 0.5) is 0 Å². The summed E-state index contributed by atoms with van der Waals surface area (Å²) in [6.07, 6.45) is 3.47. The summed E-state index contributed by atoms with van der Waals surface area (Å²) >= 11 is 0. The van der Waals surface area contributed by atoms with E-state index in [-0.39, 0.29) is 0 Å². The highest BCUT2D eigenvalue weighted by Gasteiger charge is 2.41. The van der Waals surface area contributed by atoms with Gasteiger partial charge < -0.3 is 0 Å². The molecule has 0 aliphatic heterocycles. The summed E-state index contributed by atoms with van der Waals surface area (Å²) in [5, 5.41) is 0. The molecule has 2 bridgehead atoms. The van der Waals surface area contributed by atoms with Gasteiger partial charge in [-0.2, -0.15) is 0 Å². The minimum absolute atomic E-state index is 0.326. The second kappa shape index (κ2) is 2.95. The number of carbonyl (C=O) groups is 1. The molecule has 2 rings (SSSR count). The molecular formula is C13H20O. The zero-order valence-electron chi connectivity index (χ0n) is 9.68. The van der Waals surface area contributed by atoms with Crippen LogP contribution in [0.2, 0.25) is 0 Å². The highest BCUT2D eigenvalue weighted by Crippen LogP contribution is 2.48. The van der Waals surface area contributed by atoms with Gasteiger partial charge in [0.2, 0.25) is 0 Å². The van der Waals surface area contributed by atoms with Crippen molar-refractivity contribution in [2.75, 3.05) is 0 Å². The third-order valence-corrected chi connectivity index (χ3v) is 4.11. The molecule has 0 spiro atoms. The van der Waals surface area contributed by atoms with E-state index in [2.05, 4.69) is 20.8 Å². The van der Waals surface area contributed by atoms with E-state index in [9.17, 15) is 4.79 Å². The summed E-state index contributed by atoms with van der Waals surface area (Å²) < 4.78 is 0. The minimum atomic E-state index is 0.326. The maximum Gasteiger partial charge on any atom is 0.161 e. The highest BCUT2D eigenvalue weighted by atomic mass is 16.1. The van der Waals surface area contributed by atoms with Crippen LogP contribution in [0.3, 0.4) is 0 Å². The largest absolute Gasteiger partial charge is 0.294 e.